The SMILES string of the molecule is COCCCNC(=O)CN1CCN(CC(=O)NCCOC)CC1. The minimum absolute atomic E-state index is 0.0198. The van der Waals surface area contributed by atoms with Crippen molar-refractivity contribution in [2.45, 2.75) is 6.42 Å². The van der Waals surface area contributed by atoms with Crippen molar-refractivity contribution in [1.82, 2.24) is 20.4 Å². The van der Waals surface area contributed by atoms with Crippen molar-refractivity contribution in [3.63, 3.8) is 0 Å². The molecule has 0 aliphatic carbocycles. The largest absolute Gasteiger partial charge is 0.385 e. The summed E-state index contributed by atoms with van der Waals surface area (Å²) in [5.41, 5.74) is 0. The molecule has 0 atom stereocenters. The van der Waals surface area contributed by atoms with Gasteiger partial charge in [0.05, 0.1) is 19.7 Å². The zero-order chi connectivity index (χ0) is 16.9. The molecule has 0 unspecified atom stereocenters. The van der Waals surface area contributed by atoms with Crippen molar-refractivity contribution in [1.29, 1.82) is 0 Å². The Bertz CT molecular complexity index is 346. The number of nitrogens with zero attached hydrogens (tertiary/aromatic N) is 2. The molecule has 1 aliphatic heterocycles. The standard InChI is InChI=1S/C15H30N4O4/c1-22-10-3-4-16-14(20)12-18-6-8-19(9-7-18)13-15(21)17-5-11-23-2/h3-13H2,1-2H3,(H,16,20)(H,17,21). The molecule has 134 valence electrons. The van der Waals surface area contributed by atoms with Crippen LogP contribution in [0.5, 0.6) is 0 Å². The molecule has 0 bridgehead atoms. The van der Waals surface area contributed by atoms with Crippen molar-refractivity contribution in [2.24, 2.45) is 0 Å². The maximum Gasteiger partial charge on any atom is 0.234 e. The number of methoxy groups -OCH3 is 2. The van der Waals surface area contributed by atoms with Crippen LogP contribution in [0.3, 0.4) is 0 Å². The average molecular weight is 330 g/mol. The molecule has 8 heteroatoms. The summed E-state index contributed by atoms with van der Waals surface area (Å²) in [4.78, 5) is 27.7. The molecule has 1 saturated heterocycles. The number of hydrogen-bond donors (Lipinski definition) is 2. The van der Waals surface area contributed by atoms with E-state index in [2.05, 4.69) is 20.4 Å². The summed E-state index contributed by atoms with van der Waals surface area (Å²) in [5, 5.41) is 5.70. The van der Waals surface area contributed by atoms with Crippen LogP contribution in [0, 0.1) is 0 Å². The fourth-order valence-electron chi connectivity index (χ4n) is 2.36. The Hall–Kier alpha value is -1.22. The van der Waals surface area contributed by atoms with E-state index in [1.54, 1.807) is 14.2 Å². The molecule has 0 aromatic carbocycles. The van der Waals surface area contributed by atoms with Crippen LogP contribution in [0.2, 0.25) is 0 Å². The van der Waals surface area contributed by atoms with Crippen LogP contribution >= 0.6 is 0 Å². The molecule has 1 aliphatic rings. The van der Waals surface area contributed by atoms with Gasteiger partial charge in [0.1, 0.15) is 0 Å². The highest BCUT2D eigenvalue weighted by atomic mass is 16.5. The van der Waals surface area contributed by atoms with Crippen LogP contribution in [-0.4, -0.2) is 101 Å². The normalized spacial score (nSPS) is 16.3. The van der Waals surface area contributed by atoms with Crippen molar-refractivity contribution >= 4 is 11.8 Å². The van der Waals surface area contributed by atoms with E-state index in [1.807, 2.05) is 0 Å². The second-order valence-corrected chi connectivity index (χ2v) is 5.59. The Morgan fingerprint density at radius 1 is 0.826 bits per heavy atom. The number of carbonyl (C=O) groups is 2. The number of piperazine rings is 1. The molecule has 0 spiro atoms. The van der Waals surface area contributed by atoms with Gasteiger partial charge in [-0.1, -0.05) is 0 Å². The Balaban J connectivity index is 2.10. The molecular formula is C15H30N4O4. The van der Waals surface area contributed by atoms with E-state index in [9.17, 15) is 9.59 Å². The fraction of sp³-hybridized carbons (Fsp3) is 0.867. The summed E-state index contributed by atoms with van der Waals surface area (Å²) in [6.45, 7) is 6.40. The number of nitrogens with one attached hydrogen (secondary N) is 2. The van der Waals surface area contributed by atoms with Gasteiger partial charge in [-0.15, -0.1) is 0 Å². The first-order chi connectivity index (χ1) is 11.2. The summed E-state index contributed by atoms with van der Waals surface area (Å²) >= 11 is 0. The number of carbonyl (C=O) groups excluding carboxylic acids is 2. The van der Waals surface area contributed by atoms with Crippen LogP contribution in [-0.2, 0) is 19.1 Å². The number of rotatable bonds is 11. The lowest BCUT2D eigenvalue weighted by Crippen LogP contribution is -2.51. The fourth-order valence-corrected chi connectivity index (χ4v) is 2.36. The first kappa shape index (κ1) is 19.8. The second kappa shape index (κ2) is 12.2. The zero-order valence-corrected chi connectivity index (χ0v) is 14.3. The third kappa shape index (κ3) is 9.50. The molecule has 2 N–H and O–H groups in total. The lowest BCUT2D eigenvalue weighted by molar-refractivity contribution is -0.125. The number of hydrogen-bond acceptors (Lipinski definition) is 6. The summed E-state index contributed by atoms with van der Waals surface area (Å²) in [6.07, 6.45) is 0.828. The highest BCUT2D eigenvalue weighted by Crippen LogP contribution is 2.00. The first-order valence-electron chi connectivity index (χ1n) is 8.11. The highest BCUT2D eigenvalue weighted by Gasteiger charge is 2.20. The predicted octanol–water partition coefficient (Wildman–Crippen LogP) is -1.48. The van der Waals surface area contributed by atoms with Crippen LogP contribution in [0.4, 0.5) is 0 Å². The Morgan fingerprint density at radius 3 is 1.78 bits per heavy atom. The molecule has 1 rings (SSSR count). The monoisotopic (exact) mass is 330 g/mol. The van der Waals surface area contributed by atoms with Gasteiger partial charge < -0.3 is 20.1 Å². The Morgan fingerprint density at radius 2 is 1.30 bits per heavy atom. The van der Waals surface area contributed by atoms with Gasteiger partial charge in [-0.3, -0.25) is 19.4 Å². The van der Waals surface area contributed by atoms with Gasteiger partial charge in [-0.05, 0) is 6.42 Å². The topological polar surface area (TPSA) is 83.1 Å². The van der Waals surface area contributed by atoms with Gasteiger partial charge >= 0.3 is 0 Å². The summed E-state index contributed by atoms with van der Waals surface area (Å²) in [5.74, 6) is 0.0678. The lowest BCUT2D eigenvalue weighted by atomic mass is 10.3. The van der Waals surface area contributed by atoms with Gasteiger partial charge in [0.2, 0.25) is 11.8 Å². The van der Waals surface area contributed by atoms with Crippen LogP contribution in [0.15, 0.2) is 0 Å². The minimum Gasteiger partial charge on any atom is -0.385 e. The molecule has 1 fully saturated rings. The summed E-state index contributed by atoms with van der Waals surface area (Å²) in [7, 11) is 3.26. The van der Waals surface area contributed by atoms with Gasteiger partial charge in [0, 0.05) is 60.1 Å². The lowest BCUT2D eigenvalue weighted by Gasteiger charge is -2.33. The van der Waals surface area contributed by atoms with Crippen molar-refractivity contribution in [3.8, 4) is 0 Å². The second-order valence-electron chi connectivity index (χ2n) is 5.59. The molecule has 23 heavy (non-hydrogen) atoms. The van der Waals surface area contributed by atoms with Crippen LogP contribution in [0.1, 0.15) is 6.42 Å². The van der Waals surface area contributed by atoms with E-state index in [4.69, 9.17) is 9.47 Å². The van der Waals surface area contributed by atoms with E-state index >= 15 is 0 Å². The summed E-state index contributed by atoms with van der Waals surface area (Å²) in [6, 6.07) is 0. The quantitative estimate of drug-likeness (QED) is 0.450. The van der Waals surface area contributed by atoms with Crippen molar-refractivity contribution in [3.05, 3.63) is 0 Å². The predicted molar refractivity (Wildman–Crippen MR) is 87.3 cm³/mol. The molecule has 1 heterocycles. The third-order valence-corrected chi connectivity index (χ3v) is 3.68. The Kier molecular flexibility index (Phi) is 10.5. The maximum atomic E-state index is 11.8. The molecule has 0 aromatic heterocycles. The van der Waals surface area contributed by atoms with Crippen molar-refractivity contribution < 1.29 is 19.1 Å². The molecule has 2 amide bonds. The van der Waals surface area contributed by atoms with Crippen LogP contribution in [0.25, 0.3) is 0 Å². The highest BCUT2D eigenvalue weighted by molar-refractivity contribution is 5.78. The molecule has 0 radical (unpaired) electrons. The Labute approximate surface area is 138 Å². The smallest absolute Gasteiger partial charge is 0.234 e. The number of ether oxygens (including phenoxy) is 2. The van der Waals surface area contributed by atoms with E-state index in [0.29, 0.717) is 39.4 Å². The van der Waals surface area contributed by atoms with Gasteiger partial charge in [-0.25, -0.2) is 0 Å². The zero-order valence-electron chi connectivity index (χ0n) is 14.3. The van der Waals surface area contributed by atoms with Crippen molar-refractivity contribution in [2.75, 3.05) is 79.8 Å². The first-order valence-corrected chi connectivity index (χ1v) is 8.11. The molecular weight excluding hydrogens is 300 g/mol. The molecule has 8 nitrogen and oxygen atoms in total. The average Bonchev–Trinajstić information content (AvgIpc) is 2.54. The van der Waals surface area contributed by atoms with Crippen LogP contribution < -0.4 is 10.6 Å². The maximum absolute atomic E-state index is 11.8. The number of amides is 2. The van der Waals surface area contributed by atoms with E-state index in [0.717, 1.165) is 32.6 Å². The van der Waals surface area contributed by atoms with Gasteiger partial charge in [0.25, 0.3) is 0 Å². The van der Waals surface area contributed by atoms with E-state index in [-0.39, 0.29) is 11.8 Å². The molecule has 0 aromatic rings. The minimum atomic E-state index is 0.0198. The van der Waals surface area contributed by atoms with E-state index < -0.39 is 0 Å². The van der Waals surface area contributed by atoms with Gasteiger partial charge in [-0.2, -0.15) is 0 Å². The molecule has 0 saturated carbocycles. The summed E-state index contributed by atoms with van der Waals surface area (Å²) < 4.78 is 9.84. The van der Waals surface area contributed by atoms with E-state index in [1.165, 1.54) is 0 Å². The third-order valence-electron chi connectivity index (χ3n) is 3.68. The van der Waals surface area contributed by atoms with Gasteiger partial charge in [0.15, 0.2) is 0 Å².